The highest BCUT2D eigenvalue weighted by atomic mass is 35.5. The normalized spacial score (nSPS) is 11.3. The SMILES string of the molecule is Cc1ccc(C)c2c1[nH]c1nc(SCC(=O)Nc3ccc(F)c(Cl)c3)nnc12. The molecule has 0 atom stereocenters. The number of benzene rings is 2. The van der Waals surface area contributed by atoms with Crippen molar-refractivity contribution in [3.8, 4) is 0 Å². The Kier molecular flexibility index (Phi) is 4.91. The van der Waals surface area contributed by atoms with Crippen LogP contribution in [0.1, 0.15) is 11.1 Å². The maximum Gasteiger partial charge on any atom is 0.234 e. The number of halogens is 2. The molecule has 0 bridgehead atoms. The summed E-state index contributed by atoms with van der Waals surface area (Å²) in [5, 5.41) is 12.4. The first-order chi connectivity index (χ1) is 13.4. The van der Waals surface area contributed by atoms with E-state index >= 15 is 0 Å². The minimum absolute atomic E-state index is 0.0483. The fourth-order valence-electron chi connectivity index (χ4n) is 2.92. The summed E-state index contributed by atoms with van der Waals surface area (Å²) in [4.78, 5) is 19.9. The average molecular weight is 416 g/mol. The van der Waals surface area contributed by atoms with E-state index in [1.807, 2.05) is 26.0 Å². The number of nitrogens with zero attached hydrogens (tertiary/aromatic N) is 3. The van der Waals surface area contributed by atoms with E-state index in [-0.39, 0.29) is 16.7 Å². The molecule has 0 spiro atoms. The monoisotopic (exact) mass is 415 g/mol. The van der Waals surface area contributed by atoms with Gasteiger partial charge in [-0.05, 0) is 43.2 Å². The molecule has 4 aromatic rings. The number of carbonyl (C=O) groups is 1. The molecule has 0 radical (unpaired) electrons. The molecule has 0 unspecified atom stereocenters. The lowest BCUT2D eigenvalue weighted by Crippen LogP contribution is -2.14. The van der Waals surface area contributed by atoms with Crippen LogP contribution in [-0.4, -0.2) is 31.8 Å². The number of hydrogen-bond acceptors (Lipinski definition) is 5. The molecule has 28 heavy (non-hydrogen) atoms. The van der Waals surface area contributed by atoms with Gasteiger partial charge in [0, 0.05) is 11.1 Å². The van der Waals surface area contributed by atoms with Crippen molar-refractivity contribution >= 4 is 57.0 Å². The Labute approximate surface area is 168 Å². The molecule has 2 N–H and O–H groups in total. The number of thioether (sulfide) groups is 1. The molecule has 0 aliphatic heterocycles. The van der Waals surface area contributed by atoms with E-state index in [1.54, 1.807) is 0 Å². The maximum absolute atomic E-state index is 13.2. The quantitative estimate of drug-likeness (QED) is 0.474. The summed E-state index contributed by atoms with van der Waals surface area (Å²) >= 11 is 6.88. The predicted octanol–water partition coefficient (Wildman–Crippen LogP) is 4.65. The third-order valence-corrected chi connectivity index (χ3v) is 5.43. The number of aryl methyl sites for hydroxylation is 2. The Morgan fingerprint density at radius 2 is 2.00 bits per heavy atom. The van der Waals surface area contributed by atoms with Gasteiger partial charge in [0.2, 0.25) is 11.1 Å². The number of fused-ring (bicyclic) bond motifs is 3. The van der Waals surface area contributed by atoms with Crippen molar-refractivity contribution in [2.24, 2.45) is 0 Å². The largest absolute Gasteiger partial charge is 0.337 e. The van der Waals surface area contributed by atoms with Crippen LogP contribution < -0.4 is 5.32 Å². The highest BCUT2D eigenvalue weighted by molar-refractivity contribution is 7.99. The summed E-state index contributed by atoms with van der Waals surface area (Å²) in [7, 11) is 0. The molecule has 0 aliphatic rings. The van der Waals surface area contributed by atoms with Gasteiger partial charge in [0.25, 0.3) is 0 Å². The number of nitrogens with one attached hydrogen (secondary N) is 2. The minimum Gasteiger partial charge on any atom is -0.337 e. The number of anilines is 1. The van der Waals surface area contributed by atoms with Gasteiger partial charge in [-0.1, -0.05) is 35.5 Å². The van der Waals surface area contributed by atoms with Crippen LogP contribution in [0.2, 0.25) is 5.02 Å². The molecule has 0 saturated heterocycles. The number of rotatable bonds is 4. The summed E-state index contributed by atoms with van der Waals surface area (Å²) in [6.07, 6.45) is 0. The van der Waals surface area contributed by atoms with Crippen LogP contribution in [0.4, 0.5) is 10.1 Å². The molecule has 1 amide bonds. The minimum atomic E-state index is -0.536. The van der Waals surface area contributed by atoms with Crippen LogP contribution in [0.5, 0.6) is 0 Å². The fraction of sp³-hybridized carbons (Fsp3) is 0.158. The van der Waals surface area contributed by atoms with E-state index in [1.165, 1.54) is 18.2 Å². The van der Waals surface area contributed by atoms with E-state index in [0.717, 1.165) is 33.8 Å². The smallest absolute Gasteiger partial charge is 0.234 e. The molecule has 2 aromatic carbocycles. The molecule has 2 heterocycles. The zero-order valence-corrected chi connectivity index (χ0v) is 16.6. The second-order valence-corrected chi connectivity index (χ2v) is 7.68. The van der Waals surface area contributed by atoms with Crippen LogP contribution >= 0.6 is 23.4 Å². The molecule has 6 nitrogen and oxygen atoms in total. The van der Waals surface area contributed by atoms with Crippen molar-refractivity contribution in [2.45, 2.75) is 19.0 Å². The van der Waals surface area contributed by atoms with E-state index in [4.69, 9.17) is 11.6 Å². The molecule has 0 fully saturated rings. The number of aromatic amines is 1. The second kappa shape index (κ2) is 7.37. The Balaban J connectivity index is 1.51. The summed E-state index contributed by atoms with van der Waals surface area (Å²) in [6.45, 7) is 4.04. The Hall–Kier alpha value is -2.71. The molecule has 2 aromatic heterocycles. The third kappa shape index (κ3) is 3.53. The molecule has 142 valence electrons. The molecule has 4 rings (SSSR count). The standard InChI is InChI=1S/C19H15ClFN5OS/c1-9-3-4-10(2)16-15(9)17-18(23-16)24-19(26-25-17)28-8-14(27)22-11-5-6-13(21)12(20)7-11/h3-7H,8H2,1-2H3,(H,22,27)(H,23,24,26). The lowest BCUT2D eigenvalue weighted by molar-refractivity contribution is -0.113. The first-order valence-corrected chi connectivity index (χ1v) is 9.79. The number of amides is 1. The van der Waals surface area contributed by atoms with Crippen LogP contribution in [0.25, 0.3) is 22.1 Å². The van der Waals surface area contributed by atoms with Crippen LogP contribution in [-0.2, 0) is 4.79 Å². The first kappa shape index (κ1) is 18.6. The molecule has 9 heteroatoms. The number of H-pyrrole nitrogens is 1. The Morgan fingerprint density at radius 3 is 2.79 bits per heavy atom. The lowest BCUT2D eigenvalue weighted by atomic mass is 10.1. The maximum atomic E-state index is 13.2. The summed E-state index contributed by atoms with van der Waals surface area (Å²) in [5.41, 5.74) is 4.96. The highest BCUT2D eigenvalue weighted by Gasteiger charge is 2.14. The summed E-state index contributed by atoms with van der Waals surface area (Å²) in [5.74, 6) is -0.731. The topological polar surface area (TPSA) is 83.6 Å². The van der Waals surface area contributed by atoms with Gasteiger partial charge >= 0.3 is 0 Å². The number of aromatic nitrogens is 4. The van der Waals surface area contributed by atoms with Gasteiger partial charge in [-0.2, -0.15) is 0 Å². The molecular weight excluding hydrogens is 401 g/mol. The van der Waals surface area contributed by atoms with E-state index in [0.29, 0.717) is 22.0 Å². The van der Waals surface area contributed by atoms with Gasteiger partial charge in [-0.3, -0.25) is 4.79 Å². The summed E-state index contributed by atoms with van der Waals surface area (Å²) in [6, 6.07) is 8.09. The van der Waals surface area contributed by atoms with Crippen molar-refractivity contribution in [1.82, 2.24) is 20.2 Å². The van der Waals surface area contributed by atoms with Crippen LogP contribution in [0.15, 0.2) is 35.5 Å². The van der Waals surface area contributed by atoms with Crippen molar-refractivity contribution in [1.29, 1.82) is 0 Å². The van der Waals surface area contributed by atoms with Gasteiger partial charge < -0.3 is 10.3 Å². The van der Waals surface area contributed by atoms with Crippen molar-refractivity contribution in [3.63, 3.8) is 0 Å². The van der Waals surface area contributed by atoms with Gasteiger partial charge in [-0.15, -0.1) is 10.2 Å². The number of carbonyl (C=O) groups excluding carboxylic acids is 1. The van der Waals surface area contributed by atoms with Gasteiger partial charge in [0.05, 0.1) is 16.3 Å². The van der Waals surface area contributed by atoms with Crippen LogP contribution in [0, 0.1) is 19.7 Å². The molecular formula is C19H15ClFN5OS. The van der Waals surface area contributed by atoms with E-state index in [2.05, 4.69) is 25.5 Å². The van der Waals surface area contributed by atoms with E-state index < -0.39 is 5.82 Å². The predicted molar refractivity (Wildman–Crippen MR) is 109 cm³/mol. The van der Waals surface area contributed by atoms with Gasteiger partial charge in [-0.25, -0.2) is 9.37 Å². The second-order valence-electron chi connectivity index (χ2n) is 6.33. The Bertz CT molecular complexity index is 1230. The Morgan fingerprint density at radius 1 is 1.21 bits per heavy atom. The van der Waals surface area contributed by atoms with Gasteiger partial charge in [0.1, 0.15) is 11.3 Å². The lowest BCUT2D eigenvalue weighted by Gasteiger charge is -2.05. The third-order valence-electron chi connectivity index (χ3n) is 4.31. The zero-order valence-electron chi connectivity index (χ0n) is 15.0. The highest BCUT2D eigenvalue weighted by Crippen LogP contribution is 2.28. The van der Waals surface area contributed by atoms with Gasteiger partial charge in [0.15, 0.2) is 5.65 Å². The zero-order chi connectivity index (χ0) is 19.8. The number of hydrogen-bond donors (Lipinski definition) is 2. The van der Waals surface area contributed by atoms with Crippen molar-refractivity contribution < 1.29 is 9.18 Å². The first-order valence-electron chi connectivity index (χ1n) is 8.42. The van der Waals surface area contributed by atoms with Crippen LogP contribution in [0.3, 0.4) is 0 Å². The average Bonchev–Trinajstić information content (AvgIpc) is 3.06. The molecule has 0 aliphatic carbocycles. The molecule has 0 saturated carbocycles. The fourth-order valence-corrected chi connectivity index (χ4v) is 3.69. The van der Waals surface area contributed by atoms with Crippen molar-refractivity contribution in [3.05, 3.63) is 52.3 Å². The van der Waals surface area contributed by atoms with E-state index in [9.17, 15) is 9.18 Å². The summed E-state index contributed by atoms with van der Waals surface area (Å²) < 4.78 is 13.2. The van der Waals surface area contributed by atoms with Crippen molar-refractivity contribution in [2.75, 3.05) is 11.1 Å².